The fourth-order valence-corrected chi connectivity index (χ4v) is 1.98. The first-order chi connectivity index (χ1) is 9.97. The van der Waals surface area contributed by atoms with Gasteiger partial charge in [0.15, 0.2) is 0 Å². The zero-order chi connectivity index (χ0) is 15.3. The van der Waals surface area contributed by atoms with E-state index in [9.17, 15) is 13.2 Å². The number of ether oxygens (including phenoxy) is 1. The Morgan fingerprint density at radius 3 is 2.38 bits per heavy atom. The molecule has 0 amide bonds. The van der Waals surface area contributed by atoms with Crippen molar-refractivity contribution in [3.05, 3.63) is 59.7 Å². The summed E-state index contributed by atoms with van der Waals surface area (Å²) in [5.41, 5.74) is 5.36. The monoisotopic (exact) mass is 295 g/mol. The quantitative estimate of drug-likeness (QED) is 0.659. The first-order valence-electron chi connectivity index (χ1n) is 6.60. The topological polar surface area (TPSA) is 35.2 Å². The summed E-state index contributed by atoms with van der Waals surface area (Å²) in [4.78, 5) is 0. The molecule has 0 aliphatic carbocycles. The first-order valence-corrected chi connectivity index (χ1v) is 6.60. The van der Waals surface area contributed by atoms with Crippen LogP contribution in [0, 0.1) is 0 Å². The third-order valence-corrected chi connectivity index (χ3v) is 3.05. The maximum Gasteiger partial charge on any atom is 0.418 e. The van der Waals surface area contributed by atoms with E-state index in [1.54, 1.807) is 0 Å². The van der Waals surface area contributed by atoms with E-state index in [1.165, 1.54) is 17.7 Å². The number of hydrogen-bond acceptors (Lipinski definition) is 2. The standard InChI is InChI=1S/C16H16F3NO/c17-16(18,19)14-11-13(8-9-15(14)20)21-10-4-7-12-5-2-1-3-6-12/h1-3,5-6,8-9,11H,4,7,10,20H2. The largest absolute Gasteiger partial charge is 0.494 e. The van der Waals surface area contributed by atoms with Gasteiger partial charge in [0.25, 0.3) is 0 Å². The molecule has 0 saturated heterocycles. The number of benzene rings is 2. The van der Waals surface area contributed by atoms with Crippen molar-refractivity contribution in [2.24, 2.45) is 0 Å². The zero-order valence-corrected chi connectivity index (χ0v) is 11.4. The molecule has 0 unspecified atom stereocenters. The van der Waals surface area contributed by atoms with Gasteiger partial charge >= 0.3 is 6.18 Å². The number of halogens is 3. The second-order valence-corrected chi connectivity index (χ2v) is 4.68. The van der Waals surface area contributed by atoms with Crippen LogP contribution in [0.1, 0.15) is 17.5 Å². The van der Waals surface area contributed by atoms with Crippen molar-refractivity contribution in [3.8, 4) is 5.75 Å². The van der Waals surface area contributed by atoms with Gasteiger partial charge < -0.3 is 10.5 Å². The molecule has 0 aromatic heterocycles. The molecule has 2 aromatic rings. The molecular weight excluding hydrogens is 279 g/mol. The molecule has 0 radical (unpaired) electrons. The summed E-state index contributed by atoms with van der Waals surface area (Å²) >= 11 is 0. The number of nitrogens with two attached hydrogens (primary N) is 1. The van der Waals surface area contributed by atoms with Crippen molar-refractivity contribution in [3.63, 3.8) is 0 Å². The molecule has 112 valence electrons. The summed E-state index contributed by atoms with van der Waals surface area (Å²) in [5, 5.41) is 0. The second kappa shape index (κ2) is 6.52. The van der Waals surface area contributed by atoms with Crippen molar-refractivity contribution in [1.29, 1.82) is 0 Å². The summed E-state index contributed by atoms with van der Waals surface area (Å²) in [6.45, 7) is 0.357. The molecule has 5 heteroatoms. The molecule has 0 saturated carbocycles. The number of aryl methyl sites for hydroxylation is 1. The lowest BCUT2D eigenvalue weighted by molar-refractivity contribution is -0.137. The highest BCUT2D eigenvalue weighted by Crippen LogP contribution is 2.35. The summed E-state index contributed by atoms with van der Waals surface area (Å²) in [6.07, 6.45) is -2.91. The molecule has 0 bridgehead atoms. The highest BCUT2D eigenvalue weighted by molar-refractivity contribution is 5.51. The van der Waals surface area contributed by atoms with E-state index in [2.05, 4.69) is 0 Å². The maximum absolute atomic E-state index is 12.7. The molecule has 0 atom stereocenters. The lowest BCUT2D eigenvalue weighted by Crippen LogP contribution is -2.09. The Bertz CT molecular complexity index is 582. The lowest BCUT2D eigenvalue weighted by Gasteiger charge is -2.12. The van der Waals surface area contributed by atoms with Gasteiger partial charge in [0.2, 0.25) is 0 Å². The zero-order valence-electron chi connectivity index (χ0n) is 11.4. The predicted molar refractivity (Wildman–Crippen MR) is 76.1 cm³/mol. The maximum atomic E-state index is 12.7. The third-order valence-electron chi connectivity index (χ3n) is 3.05. The van der Waals surface area contributed by atoms with Crippen LogP contribution in [0.3, 0.4) is 0 Å². The number of alkyl halides is 3. The fourth-order valence-electron chi connectivity index (χ4n) is 1.98. The van der Waals surface area contributed by atoms with Crippen LogP contribution in [0.2, 0.25) is 0 Å². The van der Waals surface area contributed by atoms with E-state index >= 15 is 0 Å². The summed E-state index contributed by atoms with van der Waals surface area (Å²) in [6, 6.07) is 13.5. The minimum Gasteiger partial charge on any atom is -0.494 e. The van der Waals surface area contributed by atoms with Crippen molar-refractivity contribution >= 4 is 5.69 Å². The van der Waals surface area contributed by atoms with Gasteiger partial charge in [0.1, 0.15) is 5.75 Å². The van der Waals surface area contributed by atoms with Gasteiger partial charge in [0, 0.05) is 5.69 Å². The minimum absolute atomic E-state index is 0.185. The highest BCUT2D eigenvalue weighted by Gasteiger charge is 2.33. The summed E-state index contributed by atoms with van der Waals surface area (Å²) in [7, 11) is 0. The van der Waals surface area contributed by atoms with Crippen molar-refractivity contribution in [2.45, 2.75) is 19.0 Å². The fraction of sp³-hybridized carbons (Fsp3) is 0.250. The van der Waals surface area contributed by atoms with Gasteiger partial charge in [-0.2, -0.15) is 13.2 Å². The van der Waals surface area contributed by atoms with Gasteiger partial charge in [-0.25, -0.2) is 0 Å². The van der Waals surface area contributed by atoms with Crippen LogP contribution in [-0.2, 0) is 12.6 Å². The normalized spacial score (nSPS) is 11.4. The van der Waals surface area contributed by atoms with Crippen molar-refractivity contribution < 1.29 is 17.9 Å². The lowest BCUT2D eigenvalue weighted by atomic mass is 10.1. The van der Waals surface area contributed by atoms with Gasteiger partial charge in [0.05, 0.1) is 12.2 Å². The molecule has 0 spiro atoms. The average molecular weight is 295 g/mol. The Kier molecular flexibility index (Phi) is 4.73. The van der Waals surface area contributed by atoms with Crippen LogP contribution in [0.4, 0.5) is 18.9 Å². The van der Waals surface area contributed by atoms with Gasteiger partial charge in [-0.15, -0.1) is 0 Å². The summed E-state index contributed by atoms with van der Waals surface area (Å²) < 4.78 is 43.5. The van der Waals surface area contributed by atoms with Crippen LogP contribution in [0.5, 0.6) is 5.75 Å². The Morgan fingerprint density at radius 2 is 1.71 bits per heavy atom. The Balaban J connectivity index is 1.89. The molecule has 0 aliphatic rings. The van der Waals surface area contributed by atoms with Gasteiger partial charge in [-0.1, -0.05) is 30.3 Å². The van der Waals surface area contributed by atoms with Crippen LogP contribution < -0.4 is 10.5 Å². The second-order valence-electron chi connectivity index (χ2n) is 4.68. The predicted octanol–water partition coefficient (Wildman–Crippen LogP) is 4.30. The molecule has 0 heterocycles. The van der Waals surface area contributed by atoms with Crippen molar-refractivity contribution in [2.75, 3.05) is 12.3 Å². The van der Waals surface area contributed by atoms with Crippen LogP contribution in [-0.4, -0.2) is 6.61 Å². The molecular formula is C16H16F3NO. The SMILES string of the molecule is Nc1ccc(OCCCc2ccccc2)cc1C(F)(F)F. The van der Waals surface area contributed by atoms with Crippen LogP contribution >= 0.6 is 0 Å². The minimum atomic E-state index is -4.46. The Labute approximate surface area is 121 Å². The molecule has 21 heavy (non-hydrogen) atoms. The van der Waals surface area contributed by atoms with Crippen LogP contribution in [0.15, 0.2) is 48.5 Å². The molecule has 2 rings (SSSR count). The van der Waals surface area contributed by atoms with E-state index < -0.39 is 11.7 Å². The Morgan fingerprint density at radius 1 is 1.00 bits per heavy atom. The highest BCUT2D eigenvalue weighted by atomic mass is 19.4. The van der Waals surface area contributed by atoms with E-state index in [0.29, 0.717) is 6.61 Å². The average Bonchev–Trinajstić information content (AvgIpc) is 2.45. The number of nitrogen functional groups attached to an aromatic ring is 1. The van der Waals surface area contributed by atoms with Gasteiger partial charge in [-0.05, 0) is 36.6 Å². The molecule has 0 aliphatic heterocycles. The summed E-state index contributed by atoms with van der Waals surface area (Å²) in [5.74, 6) is 0.185. The van der Waals surface area contributed by atoms with E-state index in [0.717, 1.165) is 18.9 Å². The van der Waals surface area contributed by atoms with Crippen molar-refractivity contribution in [1.82, 2.24) is 0 Å². The van der Waals surface area contributed by atoms with E-state index in [4.69, 9.17) is 10.5 Å². The number of anilines is 1. The molecule has 2 aromatic carbocycles. The van der Waals surface area contributed by atoms with E-state index in [-0.39, 0.29) is 11.4 Å². The third kappa shape index (κ3) is 4.41. The number of hydrogen-bond donors (Lipinski definition) is 1. The smallest absolute Gasteiger partial charge is 0.418 e. The van der Waals surface area contributed by atoms with E-state index in [1.807, 2.05) is 30.3 Å². The Hall–Kier alpha value is -2.17. The molecule has 2 nitrogen and oxygen atoms in total. The first kappa shape index (κ1) is 15.2. The number of rotatable bonds is 5. The van der Waals surface area contributed by atoms with Gasteiger partial charge in [-0.3, -0.25) is 0 Å². The van der Waals surface area contributed by atoms with Crippen LogP contribution in [0.25, 0.3) is 0 Å². The molecule has 2 N–H and O–H groups in total. The molecule has 0 fully saturated rings.